The number of hydrogen-bond acceptors (Lipinski definition) is 12. The molecule has 2 fully saturated rings. The van der Waals surface area contributed by atoms with Crippen LogP contribution in [0.1, 0.15) is 58.3 Å². The van der Waals surface area contributed by atoms with Gasteiger partial charge in [0, 0.05) is 65.7 Å². The van der Waals surface area contributed by atoms with Gasteiger partial charge in [0.25, 0.3) is 0 Å². The van der Waals surface area contributed by atoms with Gasteiger partial charge < -0.3 is 42.9 Å². The largest absolute Gasteiger partial charge is 0.370 e. The monoisotopic (exact) mass is 936 g/mol. The molecule has 0 aliphatic heterocycles. The zero-order valence-electron chi connectivity index (χ0n) is 35.7. The van der Waals surface area contributed by atoms with Crippen molar-refractivity contribution in [3.05, 3.63) is 58.8 Å². The Labute approximate surface area is 373 Å². The van der Waals surface area contributed by atoms with E-state index in [1.807, 2.05) is 44.9 Å². The van der Waals surface area contributed by atoms with Crippen LogP contribution in [0.25, 0.3) is 21.5 Å². The number of nitrogens with zero attached hydrogens (tertiary/aromatic N) is 8. The van der Waals surface area contributed by atoms with E-state index in [-0.39, 0.29) is 39.9 Å². The summed E-state index contributed by atoms with van der Waals surface area (Å²) in [4.78, 5) is 20.3. The number of aliphatic hydroxyl groups is 2. The van der Waals surface area contributed by atoms with Crippen LogP contribution in [0.4, 0.5) is 11.6 Å². The van der Waals surface area contributed by atoms with Gasteiger partial charge in [-0.2, -0.15) is 18.6 Å². The Balaban J connectivity index is 0.000000235. The van der Waals surface area contributed by atoms with Crippen molar-refractivity contribution in [2.24, 2.45) is 32.9 Å². The fraction of sp³-hybridized carbons (Fsp3) is 0.500. The summed E-state index contributed by atoms with van der Waals surface area (Å²) in [6, 6.07) is 9.26. The van der Waals surface area contributed by atoms with Crippen LogP contribution in [0.3, 0.4) is 0 Å². The van der Waals surface area contributed by atoms with E-state index in [0.29, 0.717) is 76.9 Å². The third-order valence-corrected chi connectivity index (χ3v) is 16.1. The lowest BCUT2D eigenvalue weighted by Crippen LogP contribution is -2.58. The van der Waals surface area contributed by atoms with Gasteiger partial charge >= 0.3 is 0 Å². The molecule has 0 radical (unpaired) electrons. The molecular formula is C40H58Cl2N12O6S2. The van der Waals surface area contributed by atoms with Crippen LogP contribution in [0.5, 0.6) is 0 Å². The van der Waals surface area contributed by atoms with E-state index >= 15 is 0 Å². The molecule has 0 saturated heterocycles. The standard InChI is InChI=1S/C20H29ClN6O4S.C20H29ClN6O2S/c1-26(2)9-10-27(20(18(28)29)7-3-4-8-20)32(30,31)13-5-6-14-15(11-13)17(25-19(22)23)24-12-16(14)21;1-20(8-4-5-9-20)27(11-10-26(2)3)30(28,29)14-6-7-15-16(12-14)18(25-19(22)23)24-13-17(15)21/h5-6,11-12,18,28-29H,3-4,7-10H2,1-2H3,(H4,22,23,24,25);6-7,12-13H,4-5,8-11H2,1-3H3,(H4,22,23,24,25). The van der Waals surface area contributed by atoms with E-state index in [1.165, 1.54) is 28.8 Å². The van der Waals surface area contributed by atoms with Gasteiger partial charge in [-0.1, -0.05) is 61.0 Å². The van der Waals surface area contributed by atoms with E-state index < -0.39 is 37.4 Å². The maximum Gasteiger partial charge on any atom is 0.243 e. The van der Waals surface area contributed by atoms with Gasteiger partial charge in [0.2, 0.25) is 20.0 Å². The number of guanidine groups is 2. The van der Waals surface area contributed by atoms with Crippen LogP contribution in [0.15, 0.2) is 68.6 Å². The molecule has 6 rings (SSSR count). The molecule has 340 valence electrons. The van der Waals surface area contributed by atoms with Crippen LogP contribution in [-0.4, -0.2) is 139 Å². The molecule has 22 heteroatoms. The lowest BCUT2D eigenvalue weighted by molar-refractivity contribution is -0.131. The number of aromatic nitrogens is 2. The smallest absolute Gasteiger partial charge is 0.243 e. The highest BCUT2D eigenvalue weighted by Crippen LogP contribution is 2.42. The Morgan fingerprint density at radius 3 is 1.44 bits per heavy atom. The van der Waals surface area contributed by atoms with Crippen molar-refractivity contribution in [3.8, 4) is 0 Å². The number of fused-ring (bicyclic) bond motifs is 2. The van der Waals surface area contributed by atoms with E-state index in [9.17, 15) is 27.0 Å². The van der Waals surface area contributed by atoms with Crippen molar-refractivity contribution in [1.29, 1.82) is 0 Å². The van der Waals surface area contributed by atoms with Gasteiger partial charge in [0.15, 0.2) is 29.8 Å². The normalized spacial score (nSPS) is 16.4. The van der Waals surface area contributed by atoms with E-state index in [0.717, 1.165) is 25.7 Å². The molecule has 2 aliphatic rings. The number of nitrogens with two attached hydrogens (primary N) is 4. The summed E-state index contributed by atoms with van der Waals surface area (Å²) in [5.41, 5.74) is 20.3. The fourth-order valence-electron chi connectivity index (χ4n) is 8.20. The SMILES string of the molecule is CN(C)CCN(C1(C(O)O)CCCC1)S(=O)(=O)c1ccc2c(Cl)cnc(N=C(N)N)c2c1.CN(C)CCN(C1(C)CCCC1)S(=O)(=O)c1ccc2c(Cl)cnc(N=C(N)N)c2c1. The summed E-state index contributed by atoms with van der Waals surface area (Å²) in [5.74, 6) is -0.0156. The topological polar surface area (TPSA) is 276 Å². The summed E-state index contributed by atoms with van der Waals surface area (Å²) >= 11 is 12.5. The Bertz CT molecular complexity index is 2520. The van der Waals surface area contributed by atoms with Crippen molar-refractivity contribution in [2.45, 2.75) is 85.4 Å². The van der Waals surface area contributed by atoms with Crippen molar-refractivity contribution < 1.29 is 27.0 Å². The van der Waals surface area contributed by atoms with Crippen LogP contribution < -0.4 is 22.9 Å². The second-order valence-electron chi connectivity index (χ2n) is 16.5. The molecule has 2 aromatic carbocycles. The molecule has 2 saturated carbocycles. The zero-order chi connectivity index (χ0) is 45.8. The summed E-state index contributed by atoms with van der Waals surface area (Å²) < 4.78 is 58.1. The van der Waals surface area contributed by atoms with Crippen molar-refractivity contribution in [1.82, 2.24) is 28.4 Å². The number of halogens is 2. The third-order valence-electron chi connectivity index (χ3n) is 11.5. The highest BCUT2D eigenvalue weighted by Gasteiger charge is 2.50. The second kappa shape index (κ2) is 19.8. The highest BCUT2D eigenvalue weighted by molar-refractivity contribution is 7.89. The Hall–Kier alpha value is -3.96. The average Bonchev–Trinajstić information content (AvgIpc) is 3.87. The van der Waals surface area contributed by atoms with Gasteiger partial charge in [0.05, 0.1) is 25.4 Å². The number of benzene rings is 2. The molecule has 2 aliphatic carbocycles. The lowest BCUT2D eigenvalue weighted by atomic mass is 9.96. The maximum atomic E-state index is 13.9. The first kappa shape index (κ1) is 49.1. The van der Waals surface area contributed by atoms with Gasteiger partial charge in [0.1, 0.15) is 0 Å². The number of rotatable bonds is 15. The number of aliphatic hydroxyl groups excluding tert-OH is 1. The van der Waals surface area contributed by atoms with Gasteiger partial charge in [-0.25, -0.2) is 26.8 Å². The first-order chi connectivity index (χ1) is 29.0. The average molecular weight is 938 g/mol. The molecule has 0 spiro atoms. The fourth-order valence-corrected chi connectivity index (χ4v) is 12.3. The first-order valence-electron chi connectivity index (χ1n) is 20.1. The molecule has 2 heterocycles. The molecule has 0 amide bonds. The Morgan fingerprint density at radius 1 is 0.661 bits per heavy atom. The predicted octanol–water partition coefficient (Wildman–Crippen LogP) is 3.65. The first-order valence-corrected chi connectivity index (χ1v) is 23.7. The van der Waals surface area contributed by atoms with Crippen LogP contribution in [0, 0.1) is 0 Å². The minimum atomic E-state index is -4.13. The molecular weight excluding hydrogens is 880 g/mol. The van der Waals surface area contributed by atoms with Crippen LogP contribution in [0.2, 0.25) is 10.0 Å². The molecule has 4 aromatic rings. The van der Waals surface area contributed by atoms with Crippen molar-refractivity contribution >= 4 is 88.3 Å². The minimum absolute atomic E-state index is 0.0354. The van der Waals surface area contributed by atoms with Gasteiger partial charge in [-0.05, 0) is 85.1 Å². The predicted molar refractivity (Wildman–Crippen MR) is 246 cm³/mol. The third kappa shape index (κ3) is 10.7. The van der Waals surface area contributed by atoms with Crippen molar-refractivity contribution in [3.63, 3.8) is 0 Å². The molecule has 62 heavy (non-hydrogen) atoms. The van der Waals surface area contributed by atoms with E-state index in [1.54, 1.807) is 28.6 Å². The lowest BCUT2D eigenvalue weighted by Gasteiger charge is -2.41. The molecule has 2 aromatic heterocycles. The van der Waals surface area contributed by atoms with Gasteiger partial charge in [-0.3, -0.25) is 0 Å². The number of pyridine rings is 2. The minimum Gasteiger partial charge on any atom is -0.370 e. The molecule has 0 bridgehead atoms. The quantitative estimate of drug-likeness (QED) is 0.0564. The maximum absolute atomic E-state index is 13.9. The Kier molecular flexibility index (Phi) is 15.7. The van der Waals surface area contributed by atoms with Crippen LogP contribution >= 0.6 is 23.2 Å². The van der Waals surface area contributed by atoms with Gasteiger partial charge in [-0.15, -0.1) is 0 Å². The summed E-state index contributed by atoms with van der Waals surface area (Å²) in [6.07, 6.45) is 6.90. The number of aliphatic imine (C=N–C) groups is 2. The zero-order valence-corrected chi connectivity index (χ0v) is 38.8. The highest BCUT2D eigenvalue weighted by atomic mass is 35.5. The number of sulfonamides is 2. The van der Waals surface area contributed by atoms with Crippen molar-refractivity contribution in [2.75, 3.05) is 54.4 Å². The second-order valence-corrected chi connectivity index (χ2v) is 21.0. The molecule has 0 atom stereocenters. The summed E-state index contributed by atoms with van der Waals surface area (Å²) in [5, 5.41) is 23.3. The summed E-state index contributed by atoms with van der Waals surface area (Å²) in [7, 11) is -0.364. The van der Waals surface area contributed by atoms with E-state index in [4.69, 9.17) is 46.1 Å². The molecule has 0 unspecified atom stereocenters. The Morgan fingerprint density at radius 2 is 1.05 bits per heavy atom. The molecule has 10 N–H and O–H groups in total. The number of likely N-dealkylation sites (N-methyl/N-ethyl adjacent to an activating group) is 2. The number of hydrogen-bond donors (Lipinski definition) is 6. The van der Waals surface area contributed by atoms with Crippen LogP contribution in [-0.2, 0) is 20.0 Å². The molecule has 18 nitrogen and oxygen atoms in total. The van der Waals surface area contributed by atoms with E-state index in [2.05, 4.69) is 20.0 Å². The summed E-state index contributed by atoms with van der Waals surface area (Å²) in [6.45, 7) is 3.60.